The molecule has 0 aromatic heterocycles. The summed E-state index contributed by atoms with van der Waals surface area (Å²) in [6.07, 6.45) is -0.418. The molecule has 24 heavy (non-hydrogen) atoms. The summed E-state index contributed by atoms with van der Waals surface area (Å²) < 4.78 is 5.29. The Labute approximate surface area is 147 Å². The number of aliphatic imine (C=N–C) groups is 1. The number of alkyl carbamates (subject to hydrolysis) is 1. The van der Waals surface area contributed by atoms with Crippen LogP contribution in [0.4, 0.5) is 4.79 Å². The zero-order valence-electron chi connectivity index (χ0n) is 16.7. The highest BCUT2D eigenvalue weighted by molar-refractivity contribution is 5.79. The van der Waals surface area contributed by atoms with Crippen LogP contribution in [0.3, 0.4) is 0 Å². The smallest absolute Gasteiger partial charge is 0.408 e. The highest BCUT2D eigenvalue weighted by Gasteiger charge is 2.24. The predicted molar refractivity (Wildman–Crippen MR) is 101 cm³/mol. The maximum Gasteiger partial charge on any atom is 0.408 e. The molecule has 142 valence electrons. The highest BCUT2D eigenvalue weighted by Crippen LogP contribution is 2.09. The summed E-state index contributed by atoms with van der Waals surface area (Å²) in [5, 5.41) is 9.39. The van der Waals surface area contributed by atoms with Gasteiger partial charge in [0.05, 0.1) is 5.54 Å². The van der Waals surface area contributed by atoms with Gasteiger partial charge in [0.1, 0.15) is 5.60 Å². The van der Waals surface area contributed by atoms with Crippen LogP contribution in [0.1, 0.15) is 48.5 Å². The number of amides is 1. The lowest BCUT2D eigenvalue weighted by Gasteiger charge is -2.29. The molecule has 0 aromatic carbocycles. The number of nitrogens with one attached hydrogen (secondary N) is 3. The zero-order chi connectivity index (χ0) is 18.8. The normalized spacial score (nSPS) is 13.0. The van der Waals surface area contributed by atoms with Crippen molar-refractivity contribution in [1.82, 2.24) is 20.9 Å². The molecule has 0 rings (SSSR count). The van der Waals surface area contributed by atoms with Gasteiger partial charge in [0.15, 0.2) is 5.96 Å². The van der Waals surface area contributed by atoms with Gasteiger partial charge in [0.2, 0.25) is 0 Å². The van der Waals surface area contributed by atoms with Gasteiger partial charge in [-0.25, -0.2) is 4.79 Å². The number of carbonyl (C=O) groups excluding carboxylic acids is 1. The average Bonchev–Trinajstić information content (AvgIpc) is 2.44. The quantitative estimate of drug-likeness (QED) is 0.463. The molecule has 3 N–H and O–H groups in total. The summed E-state index contributed by atoms with van der Waals surface area (Å²) in [6.45, 7) is 18.1. The van der Waals surface area contributed by atoms with E-state index in [1.807, 2.05) is 34.6 Å². The van der Waals surface area contributed by atoms with Gasteiger partial charge in [0, 0.05) is 26.7 Å². The fraction of sp³-hybridized carbons (Fsp3) is 0.882. The number of hydrogen-bond donors (Lipinski definition) is 3. The van der Waals surface area contributed by atoms with E-state index in [0.29, 0.717) is 6.54 Å². The number of likely N-dealkylation sites (N-methyl/N-ethyl adjacent to an activating group) is 1. The second kappa shape index (κ2) is 10.4. The molecule has 0 radical (unpaired) electrons. The number of hydrogen-bond acceptors (Lipinski definition) is 4. The summed E-state index contributed by atoms with van der Waals surface area (Å²) >= 11 is 0. The van der Waals surface area contributed by atoms with Crippen LogP contribution in [0.2, 0.25) is 0 Å². The largest absolute Gasteiger partial charge is 0.444 e. The summed E-state index contributed by atoms with van der Waals surface area (Å²) in [6, 6.07) is 0. The molecule has 0 saturated carbocycles. The maximum atomic E-state index is 11.9. The Morgan fingerprint density at radius 2 is 1.67 bits per heavy atom. The molecule has 0 fully saturated rings. The summed E-state index contributed by atoms with van der Waals surface area (Å²) in [5.74, 6) is 0.723. The van der Waals surface area contributed by atoms with E-state index in [1.54, 1.807) is 7.05 Å². The molecule has 0 spiro atoms. The Bertz CT molecular complexity index is 398. The topological polar surface area (TPSA) is 78.0 Å². The predicted octanol–water partition coefficient (Wildman–Crippen LogP) is 1.80. The molecule has 0 saturated heterocycles. The van der Waals surface area contributed by atoms with Crippen molar-refractivity contribution in [2.45, 2.75) is 59.6 Å². The van der Waals surface area contributed by atoms with Gasteiger partial charge < -0.3 is 25.6 Å². The first-order valence-electron chi connectivity index (χ1n) is 8.71. The summed E-state index contributed by atoms with van der Waals surface area (Å²) in [5.41, 5.74) is -0.964. The van der Waals surface area contributed by atoms with Crippen LogP contribution >= 0.6 is 0 Å². The lowest BCUT2D eigenvalue weighted by atomic mass is 10.1. The first kappa shape index (κ1) is 22.5. The third kappa shape index (κ3) is 11.1. The third-order valence-corrected chi connectivity index (χ3v) is 3.38. The van der Waals surface area contributed by atoms with Crippen LogP contribution in [0.15, 0.2) is 4.99 Å². The SMILES string of the molecule is CCN(CC)CCNC(=NC)NCC(C)(C)NC(=O)OC(C)(C)C. The van der Waals surface area contributed by atoms with E-state index in [9.17, 15) is 4.79 Å². The monoisotopic (exact) mass is 343 g/mol. The van der Waals surface area contributed by atoms with Crippen LogP contribution in [0.25, 0.3) is 0 Å². The Hall–Kier alpha value is -1.50. The molecule has 7 nitrogen and oxygen atoms in total. The van der Waals surface area contributed by atoms with Crippen molar-refractivity contribution in [3.05, 3.63) is 0 Å². The van der Waals surface area contributed by atoms with Crippen molar-refractivity contribution in [3.8, 4) is 0 Å². The first-order chi connectivity index (χ1) is 11.0. The van der Waals surface area contributed by atoms with Gasteiger partial charge in [-0.2, -0.15) is 0 Å². The van der Waals surface area contributed by atoms with Crippen LogP contribution in [-0.4, -0.2) is 67.9 Å². The van der Waals surface area contributed by atoms with E-state index in [2.05, 4.69) is 39.7 Å². The fourth-order valence-corrected chi connectivity index (χ4v) is 2.02. The van der Waals surface area contributed by atoms with Gasteiger partial charge in [-0.05, 0) is 47.7 Å². The molecule has 0 aliphatic heterocycles. The van der Waals surface area contributed by atoms with Crippen molar-refractivity contribution in [2.24, 2.45) is 4.99 Å². The molecular weight excluding hydrogens is 306 g/mol. The summed E-state index contributed by atoms with van der Waals surface area (Å²) in [7, 11) is 1.74. The van der Waals surface area contributed by atoms with Gasteiger partial charge in [-0.1, -0.05) is 13.8 Å². The van der Waals surface area contributed by atoms with E-state index in [0.717, 1.165) is 32.1 Å². The van der Waals surface area contributed by atoms with Crippen molar-refractivity contribution >= 4 is 12.1 Å². The van der Waals surface area contributed by atoms with Crippen molar-refractivity contribution < 1.29 is 9.53 Å². The van der Waals surface area contributed by atoms with E-state index < -0.39 is 17.2 Å². The van der Waals surface area contributed by atoms with E-state index in [-0.39, 0.29) is 0 Å². The number of rotatable bonds is 8. The molecular formula is C17H37N5O2. The van der Waals surface area contributed by atoms with E-state index >= 15 is 0 Å². The molecule has 0 bridgehead atoms. The fourth-order valence-electron chi connectivity index (χ4n) is 2.02. The zero-order valence-corrected chi connectivity index (χ0v) is 16.7. The lowest BCUT2D eigenvalue weighted by Crippen LogP contribution is -2.54. The van der Waals surface area contributed by atoms with Crippen molar-refractivity contribution in [1.29, 1.82) is 0 Å². The minimum absolute atomic E-state index is 0.418. The molecule has 0 aliphatic carbocycles. The van der Waals surface area contributed by atoms with Gasteiger partial charge in [0.25, 0.3) is 0 Å². The number of guanidine groups is 1. The van der Waals surface area contributed by atoms with Crippen molar-refractivity contribution in [2.75, 3.05) is 39.8 Å². The number of ether oxygens (including phenoxy) is 1. The molecule has 0 aliphatic rings. The van der Waals surface area contributed by atoms with Crippen LogP contribution < -0.4 is 16.0 Å². The lowest BCUT2D eigenvalue weighted by molar-refractivity contribution is 0.0474. The van der Waals surface area contributed by atoms with Crippen molar-refractivity contribution in [3.63, 3.8) is 0 Å². The average molecular weight is 344 g/mol. The Balaban J connectivity index is 4.28. The van der Waals surface area contributed by atoms with Gasteiger partial charge >= 0.3 is 6.09 Å². The van der Waals surface area contributed by atoms with Crippen LogP contribution in [0.5, 0.6) is 0 Å². The molecule has 7 heteroatoms. The minimum Gasteiger partial charge on any atom is -0.444 e. The highest BCUT2D eigenvalue weighted by atomic mass is 16.6. The number of nitrogens with zero attached hydrogens (tertiary/aromatic N) is 2. The molecule has 1 amide bonds. The Morgan fingerprint density at radius 1 is 1.08 bits per heavy atom. The first-order valence-corrected chi connectivity index (χ1v) is 8.71. The molecule has 0 aromatic rings. The Kier molecular flexibility index (Phi) is 9.73. The van der Waals surface area contributed by atoms with E-state index in [4.69, 9.17) is 4.74 Å². The Morgan fingerprint density at radius 3 is 2.12 bits per heavy atom. The molecule has 0 unspecified atom stereocenters. The maximum absolute atomic E-state index is 11.9. The second-order valence-electron chi connectivity index (χ2n) is 7.39. The summed E-state index contributed by atoms with van der Waals surface area (Å²) in [4.78, 5) is 18.4. The van der Waals surface area contributed by atoms with Crippen LogP contribution in [-0.2, 0) is 4.74 Å². The van der Waals surface area contributed by atoms with Crippen LogP contribution in [0, 0.1) is 0 Å². The molecule has 0 atom stereocenters. The van der Waals surface area contributed by atoms with E-state index in [1.165, 1.54) is 0 Å². The van der Waals surface area contributed by atoms with Gasteiger partial charge in [-0.15, -0.1) is 0 Å². The minimum atomic E-state index is -0.504. The second-order valence-corrected chi connectivity index (χ2v) is 7.39. The molecule has 0 heterocycles. The van der Waals surface area contributed by atoms with Gasteiger partial charge in [-0.3, -0.25) is 4.99 Å². The standard InChI is InChI=1S/C17H37N5O2/c1-9-22(10-2)12-11-19-14(18-8)20-13-17(6,7)21-15(23)24-16(3,4)5/h9-13H2,1-8H3,(H,21,23)(H2,18,19,20). The third-order valence-electron chi connectivity index (χ3n) is 3.38. The number of carbonyl (C=O) groups is 1.